The number of furan rings is 1. The van der Waals surface area contributed by atoms with Crippen LogP contribution in [0.1, 0.15) is 5.56 Å². The molecule has 0 fully saturated rings. The molecule has 3 aromatic carbocycles. The van der Waals surface area contributed by atoms with Crippen LogP contribution in [0.25, 0.3) is 33.5 Å². The summed E-state index contributed by atoms with van der Waals surface area (Å²) in [7, 11) is 0. The number of terminal acetylenes is 1. The molecule has 0 bridgehead atoms. The maximum atomic E-state index is 13.4. The van der Waals surface area contributed by atoms with E-state index in [0.717, 1.165) is 19.0 Å². The minimum Gasteiger partial charge on any atom is -0.480 e. The third-order valence-electron chi connectivity index (χ3n) is 5.04. The Bertz CT molecular complexity index is 1680. The molecule has 0 aliphatic carbocycles. The summed E-state index contributed by atoms with van der Waals surface area (Å²) in [6.45, 7) is 0.193. The number of aromatic nitrogens is 2. The first-order chi connectivity index (χ1) is 16.5. The Balaban J connectivity index is 1.64. The summed E-state index contributed by atoms with van der Waals surface area (Å²) in [6.07, 6.45) is 6.87. The van der Waals surface area contributed by atoms with Crippen LogP contribution in [0.2, 0.25) is 0 Å². The molecule has 8 heteroatoms. The van der Waals surface area contributed by atoms with E-state index in [1.165, 1.54) is 4.68 Å². The van der Waals surface area contributed by atoms with Gasteiger partial charge in [-0.15, -0.1) is 6.42 Å². The first kappa shape index (κ1) is 22.4. The lowest BCUT2D eigenvalue weighted by atomic mass is 10.2. The summed E-state index contributed by atoms with van der Waals surface area (Å²) in [5.74, 6) is 3.90. The van der Waals surface area contributed by atoms with E-state index in [-0.39, 0.29) is 12.2 Å². The number of hydrogen-bond donors (Lipinski definition) is 0. The zero-order valence-electron chi connectivity index (χ0n) is 17.5. The van der Waals surface area contributed by atoms with Crippen molar-refractivity contribution in [2.24, 2.45) is 5.10 Å². The zero-order chi connectivity index (χ0) is 23.7. The van der Waals surface area contributed by atoms with E-state index >= 15 is 0 Å². The van der Waals surface area contributed by atoms with Gasteiger partial charge in [-0.25, -0.2) is 4.98 Å². The quantitative estimate of drug-likeness (QED) is 0.135. The fourth-order valence-electron chi connectivity index (χ4n) is 3.47. The second-order valence-corrected chi connectivity index (χ2v) is 9.37. The molecule has 0 aliphatic rings. The standard InChI is InChI=1S/C26H15BrIN3O3/c1-2-11-33-23-9-7-16(12-20(23)28)15-29-31-25(30-21-6-4-3-5-19(21)26(31)32)24-14-17-13-18(27)8-10-22(17)34-24/h1,3-10,12-15H,11H2. The third kappa shape index (κ3) is 4.36. The summed E-state index contributed by atoms with van der Waals surface area (Å²) in [5, 5.41) is 5.85. The van der Waals surface area contributed by atoms with Crippen molar-refractivity contribution in [3.8, 4) is 29.7 Å². The van der Waals surface area contributed by atoms with Crippen molar-refractivity contribution < 1.29 is 9.15 Å². The Hall–Kier alpha value is -3.42. The molecule has 0 amide bonds. The molecule has 2 aromatic heterocycles. The molecule has 0 aliphatic heterocycles. The van der Waals surface area contributed by atoms with Crippen LogP contribution in [0.5, 0.6) is 5.75 Å². The fourth-order valence-corrected chi connectivity index (χ4v) is 4.55. The summed E-state index contributed by atoms with van der Waals surface area (Å²) >= 11 is 5.65. The highest BCUT2D eigenvalue weighted by Gasteiger charge is 2.16. The van der Waals surface area contributed by atoms with Crippen LogP contribution in [0.15, 0.2) is 85.5 Å². The highest BCUT2D eigenvalue weighted by Crippen LogP contribution is 2.29. The Morgan fingerprint density at radius 2 is 2.03 bits per heavy atom. The second-order valence-electron chi connectivity index (χ2n) is 7.29. The molecule has 166 valence electrons. The lowest BCUT2D eigenvalue weighted by molar-refractivity contribution is 0.368. The smallest absolute Gasteiger partial charge is 0.282 e. The molecule has 5 aromatic rings. The summed E-state index contributed by atoms with van der Waals surface area (Å²) < 4.78 is 14.6. The van der Waals surface area contributed by atoms with Crippen LogP contribution in [0.3, 0.4) is 0 Å². The average molecular weight is 624 g/mol. The molecular formula is C26H15BrIN3O3. The Kier molecular flexibility index (Phi) is 6.22. The van der Waals surface area contributed by atoms with Crippen LogP contribution in [-0.4, -0.2) is 22.5 Å². The molecule has 0 saturated carbocycles. The lowest BCUT2D eigenvalue weighted by Crippen LogP contribution is -2.20. The Labute approximate surface area is 216 Å². The van der Waals surface area contributed by atoms with Gasteiger partial charge >= 0.3 is 0 Å². The van der Waals surface area contributed by atoms with Crippen molar-refractivity contribution in [2.75, 3.05) is 6.61 Å². The largest absolute Gasteiger partial charge is 0.480 e. The van der Waals surface area contributed by atoms with Gasteiger partial charge in [0.05, 0.1) is 20.7 Å². The van der Waals surface area contributed by atoms with E-state index in [1.807, 2.05) is 48.5 Å². The average Bonchev–Trinajstić information content (AvgIpc) is 3.26. The van der Waals surface area contributed by atoms with Gasteiger partial charge in [0.25, 0.3) is 5.56 Å². The maximum absolute atomic E-state index is 13.4. The van der Waals surface area contributed by atoms with E-state index in [9.17, 15) is 4.79 Å². The minimum absolute atomic E-state index is 0.193. The van der Waals surface area contributed by atoms with Crippen molar-refractivity contribution in [3.05, 3.63) is 90.7 Å². The monoisotopic (exact) mass is 623 g/mol. The molecule has 0 N–H and O–H groups in total. The predicted octanol–water partition coefficient (Wildman–Crippen LogP) is 6.07. The van der Waals surface area contributed by atoms with E-state index in [1.54, 1.807) is 24.4 Å². The van der Waals surface area contributed by atoms with Crippen LogP contribution in [0.4, 0.5) is 0 Å². The molecule has 5 rings (SSSR count). The van der Waals surface area contributed by atoms with Crippen molar-refractivity contribution in [1.82, 2.24) is 9.66 Å². The molecule has 0 radical (unpaired) electrons. The van der Waals surface area contributed by atoms with E-state index < -0.39 is 0 Å². The highest BCUT2D eigenvalue weighted by molar-refractivity contribution is 14.1. The number of fused-ring (bicyclic) bond motifs is 2. The van der Waals surface area contributed by atoms with Gasteiger partial charge in [-0.2, -0.15) is 9.78 Å². The van der Waals surface area contributed by atoms with Crippen LogP contribution in [-0.2, 0) is 0 Å². The van der Waals surface area contributed by atoms with Gasteiger partial charge in [0.15, 0.2) is 5.76 Å². The molecule has 6 nitrogen and oxygen atoms in total. The number of halogens is 2. The predicted molar refractivity (Wildman–Crippen MR) is 145 cm³/mol. The normalized spacial score (nSPS) is 11.3. The van der Waals surface area contributed by atoms with Gasteiger partial charge < -0.3 is 9.15 Å². The fraction of sp³-hybridized carbons (Fsp3) is 0.0385. The number of para-hydroxylation sites is 1. The van der Waals surface area contributed by atoms with Crippen molar-refractivity contribution in [3.63, 3.8) is 0 Å². The topological polar surface area (TPSA) is 69.6 Å². The summed E-state index contributed by atoms with van der Waals surface area (Å²) in [6, 6.07) is 20.3. The molecule has 34 heavy (non-hydrogen) atoms. The minimum atomic E-state index is -0.290. The van der Waals surface area contributed by atoms with Gasteiger partial charge in [-0.1, -0.05) is 34.0 Å². The molecule has 0 unspecified atom stereocenters. The number of ether oxygens (including phenoxy) is 1. The second kappa shape index (κ2) is 9.44. The van der Waals surface area contributed by atoms with Gasteiger partial charge in [0, 0.05) is 9.86 Å². The van der Waals surface area contributed by atoms with E-state index in [0.29, 0.717) is 33.8 Å². The van der Waals surface area contributed by atoms with E-state index in [4.69, 9.17) is 20.6 Å². The Morgan fingerprint density at radius 3 is 2.85 bits per heavy atom. The lowest BCUT2D eigenvalue weighted by Gasteiger charge is -2.08. The van der Waals surface area contributed by atoms with E-state index in [2.05, 4.69) is 49.5 Å². The van der Waals surface area contributed by atoms with Crippen molar-refractivity contribution in [1.29, 1.82) is 0 Å². The highest BCUT2D eigenvalue weighted by atomic mass is 127. The molecule has 2 heterocycles. The van der Waals surface area contributed by atoms with Crippen molar-refractivity contribution in [2.45, 2.75) is 0 Å². The number of hydrogen-bond acceptors (Lipinski definition) is 5. The number of nitrogens with zero attached hydrogens (tertiary/aromatic N) is 3. The SMILES string of the molecule is C#CCOc1ccc(C=Nn2c(-c3cc4cc(Br)ccc4o3)nc3ccccc3c2=O)cc1I. The molecule has 0 saturated heterocycles. The first-order valence-electron chi connectivity index (χ1n) is 10.1. The molecular weight excluding hydrogens is 609 g/mol. The molecule has 0 spiro atoms. The molecule has 0 atom stereocenters. The number of benzene rings is 3. The maximum Gasteiger partial charge on any atom is 0.282 e. The van der Waals surface area contributed by atoms with Crippen LogP contribution >= 0.6 is 38.5 Å². The van der Waals surface area contributed by atoms with Crippen molar-refractivity contribution >= 4 is 66.6 Å². The third-order valence-corrected chi connectivity index (χ3v) is 6.38. The van der Waals surface area contributed by atoms with Crippen LogP contribution < -0.4 is 10.3 Å². The first-order valence-corrected chi connectivity index (χ1v) is 12.0. The van der Waals surface area contributed by atoms with Crippen LogP contribution in [0, 0.1) is 15.9 Å². The van der Waals surface area contributed by atoms with Gasteiger partial charge in [-0.05, 0) is 82.8 Å². The van der Waals surface area contributed by atoms with Gasteiger partial charge in [0.2, 0.25) is 5.82 Å². The summed E-state index contributed by atoms with van der Waals surface area (Å²) in [5.41, 5.74) is 1.76. The Morgan fingerprint density at radius 1 is 1.18 bits per heavy atom. The zero-order valence-corrected chi connectivity index (χ0v) is 21.3. The number of rotatable bonds is 5. The van der Waals surface area contributed by atoms with Gasteiger partial charge in [0.1, 0.15) is 17.9 Å². The summed E-state index contributed by atoms with van der Waals surface area (Å²) in [4.78, 5) is 18.1. The van der Waals surface area contributed by atoms with Gasteiger partial charge in [-0.3, -0.25) is 4.79 Å².